The fraction of sp³-hybridized carbons (Fsp3) is 0.455. The summed E-state index contributed by atoms with van der Waals surface area (Å²) in [6.07, 6.45) is 2.31. The number of piperidine rings is 1. The highest BCUT2D eigenvalue weighted by Gasteiger charge is 2.26. The molecule has 0 aliphatic carbocycles. The molecule has 29 heavy (non-hydrogen) atoms. The zero-order chi connectivity index (χ0) is 20.1. The number of nitrogens with zero attached hydrogens (tertiary/aromatic N) is 2. The number of ether oxygens (including phenoxy) is 2. The van der Waals surface area contributed by atoms with Crippen LogP contribution in [0.3, 0.4) is 0 Å². The first kappa shape index (κ1) is 19.7. The predicted octanol–water partition coefficient (Wildman–Crippen LogP) is 3.24. The molecule has 0 bridgehead atoms. The van der Waals surface area contributed by atoms with Crippen LogP contribution in [0.25, 0.3) is 0 Å². The Morgan fingerprint density at radius 1 is 1.07 bits per heavy atom. The van der Waals surface area contributed by atoms with Crippen molar-refractivity contribution in [2.45, 2.75) is 25.5 Å². The van der Waals surface area contributed by atoms with Crippen LogP contribution in [0.5, 0.6) is 11.5 Å². The minimum absolute atomic E-state index is 0.0678. The summed E-state index contributed by atoms with van der Waals surface area (Å²) < 4.78 is 11.9. The highest BCUT2D eigenvalue weighted by Crippen LogP contribution is 2.31. The molecule has 154 valence electrons. The molecule has 1 saturated heterocycles. The number of fused-ring (bicyclic) bond motifs is 1. The van der Waals surface area contributed by atoms with Crippen LogP contribution < -0.4 is 14.8 Å². The van der Waals surface area contributed by atoms with E-state index in [9.17, 15) is 10.1 Å². The predicted molar refractivity (Wildman–Crippen MR) is 110 cm³/mol. The van der Waals surface area contributed by atoms with E-state index in [1.54, 1.807) is 12.1 Å². The number of likely N-dealkylation sites (tertiary alicyclic amines) is 1. The number of nitrogens with one attached hydrogen (secondary N) is 1. The third-order valence-corrected chi connectivity index (χ3v) is 5.67. The fourth-order valence-electron chi connectivity index (χ4n) is 4.06. The minimum atomic E-state index is -0.315. The summed E-state index contributed by atoms with van der Waals surface area (Å²) in [5.74, 6) is 2.25. The van der Waals surface area contributed by atoms with Gasteiger partial charge in [-0.3, -0.25) is 15.0 Å². The molecule has 0 aromatic heterocycles. The molecule has 2 aliphatic rings. The van der Waals surface area contributed by atoms with E-state index in [1.165, 1.54) is 0 Å². The van der Waals surface area contributed by atoms with Gasteiger partial charge in [0.15, 0.2) is 11.5 Å². The summed E-state index contributed by atoms with van der Waals surface area (Å²) in [6.45, 7) is 4.97. The van der Waals surface area contributed by atoms with Gasteiger partial charge in [0, 0.05) is 24.7 Å². The van der Waals surface area contributed by atoms with Crippen molar-refractivity contribution in [1.29, 1.82) is 0 Å². The van der Waals surface area contributed by atoms with Crippen molar-refractivity contribution in [3.8, 4) is 11.5 Å². The second-order valence-corrected chi connectivity index (χ2v) is 7.76. The highest BCUT2D eigenvalue weighted by atomic mass is 16.6. The van der Waals surface area contributed by atoms with E-state index in [4.69, 9.17) is 9.47 Å². The number of hydrogen-bond donors (Lipinski definition) is 1. The Morgan fingerprint density at radius 2 is 1.79 bits per heavy atom. The van der Waals surface area contributed by atoms with Gasteiger partial charge in [-0.2, -0.15) is 0 Å². The SMILES string of the molecule is O=[N+]([O-])c1ccccc1CNCC1CCN(CC2COc3ccccc3O2)CC1. The summed E-state index contributed by atoms with van der Waals surface area (Å²) in [5, 5.41) is 14.5. The Bertz CT molecular complexity index is 836. The molecular formula is C22H27N3O4. The van der Waals surface area contributed by atoms with Crippen molar-refractivity contribution < 1.29 is 14.4 Å². The van der Waals surface area contributed by atoms with E-state index in [2.05, 4.69) is 10.2 Å². The monoisotopic (exact) mass is 397 g/mol. The number of para-hydroxylation sites is 3. The first-order valence-corrected chi connectivity index (χ1v) is 10.2. The van der Waals surface area contributed by atoms with Gasteiger partial charge in [-0.1, -0.05) is 30.3 Å². The highest BCUT2D eigenvalue weighted by molar-refractivity contribution is 5.41. The van der Waals surface area contributed by atoms with Gasteiger partial charge in [-0.05, 0) is 50.5 Å². The molecule has 0 amide bonds. The normalized spacial score (nSPS) is 19.8. The van der Waals surface area contributed by atoms with Crippen molar-refractivity contribution >= 4 is 5.69 Å². The maximum Gasteiger partial charge on any atom is 0.273 e. The molecule has 1 fully saturated rings. The Balaban J connectivity index is 1.18. The lowest BCUT2D eigenvalue weighted by Crippen LogP contribution is -2.45. The van der Waals surface area contributed by atoms with E-state index in [-0.39, 0.29) is 16.7 Å². The Labute approximate surface area is 170 Å². The zero-order valence-corrected chi connectivity index (χ0v) is 16.5. The van der Waals surface area contributed by atoms with E-state index >= 15 is 0 Å². The topological polar surface area (TPSA) is 76.9 Å². The fourth-order valence-corrected chi connectivity index (χ4v) is 4.06. The lowest BCUT2D eigenvalue weighted by molar-refractivity contribution is -0.385. The molecule has 0 radical (unpaired) electrons. The molecule has 1 unspecified atom stereocenters. The van der Waals surface area contributed by atoms with Crippen LogP contribution in [0.15, 0.2) is 48.5 Å². The second-order valence-electron chi connectivity index (χ2n) is 7.76. The summed E-state index contributed by atoms with van der Waals surface area (Å²) in [7, 11) is 0. The van der Waals surface area contributed by atoms with Gasteiger partial charge in [0.05, 0.1) is 4.92 Å². The van der Waals surface area contributed by atoms with Crippen molar-refractivity contribution in [1.82, 2.24) is 10.2 Å². The molecule has 7 nitrogen and oxygen atoms in total. The van der Waals surface area contributed by atoms with Crippen LogP contribution in [-0.2, 0) is 6.54 Å². The van der Waals surface area contributed by atoms with Crippen LogP contribution in [0, 0.1) is 16.0 Å². The summed E-state index contributed by atoms with van der Waals surface area (Å²) in [4.78, 5) is 13.2. The molecule has 2 aromatic carbocycles. The Hall–Kier alpha value is -2.64. The van der Waals surface area contributed by atoms with Gasteiger partial charge < -0.3 is 14.8 Å². The zero-order valence-electron chi connectivity index (χ0n) is 16.5. The van der Waals surface area contributed by atoms with E-state index in [1.807, 2.05) is 36.4 Å². The lowest BCUT2D eigenvalue weighted by atomic mass is 9.96. The van der Waals surface area contributed by atoms with E-state index in [0.717, 1.165) is 56.1 Å². The standard InChI is InChI=1S/C22H27N3O4/c26-25(27)20-6-2-1-5-18(20)14-23-13-17-9-11-24(12-10-17)15-19-16-28-21-7-3-4-8-22(21)29-19/h1-8,17,19,23H,9-16H2. The summed E-state index contributed by atoms with van der Waals surface area (Å²) in [6, 6.07) is 14.7. The Morgan fingerprint density at radius 3 is 2.59 bits per heavy atom. The number of benzene rings is 2. The van der Waals surface area contributed by atoms with Crippen molar-refractivity contribution in [3.63, 3.8) is 0 Å². The number of nitro benzene ring substituents is 1. The minimum Gasteiger partial charge on any atom is -0.486 e. The summed E-state index contributed by atoms with van der Waals surface area (Å²) >= 11 is 0. The molecular weight excluding hydrogens is 370 g/mol. The summed E-state index contributed by atoms with van der Waals surface area (Å²) in [5.41, 5.74) is 0.927. The molecule has 2 heterocycles. The maximum absolute atomic E-state index is 11.1. The van der Waals surface area contributed by atoms with Gasteiger partial charge in [0.25, 0.3) is 5.69 Å². The van der Waals surface area contributed by atoms with Gasteiger partial charge in [-0.25, -0.2) is 0 Å². The van der Waals surface area contributed by atoms with Crippen molar-refractivity contribution in [3.05, 3.63) is 64.2 Å². The lowest BCUT2D eigenvalue weighted by Gasteiger charge is -2.35. The molecule has 7 heteroatoms. The van der Waals surface area contributed by atoms with Crippen molar-refractivity contribution in [2.75, 3.05) is 32.8 Å². The third kappa shape index (κ3) is 5.05. The van der Waals surface area contributed by atoms with Crippen LogP contribution in [-0.4, -0.2) is 48.7 Å². The van der Waals surface area contributed by atoms with Crippen LogP contribution >= 0.6 is 0 Å². The molecule has 1 N–H and O–H groups in total. The van der Waals surface area contributed by atoms with Crippen molar-refractivity contribution in [2.24, 2.45) is 5.92 Å². The van der Waals surface area contributed by atoms with Gasteiger partial charge in [0.2, 0.25) is 0 Å². The first-order chi connectivity index (χ1) is 14.2. The number of hydrogen-bond acceptors (Lipinski definition) is 6. The van der Waals surface area contributed by atoms with Gasteiger partial charge >= 0.3 is 0 Å². The number of rotatable bonds is 7. The number of nitro groups is 1. The first-order valence-electron chi connectivity index (χ1n) is 10.2. The smallest absolute Gasteiger partial charge is 0.273 e. The average molecular weight is 397 g/mol. The maximum atomic E-state index is 11.1. The largest absolute Gasteiger partial charge is 0.486 e. The molecule has 0 saturated carbocycles. The molecule has 0 spiro atoms. The average Bonchev–Trinajstić information content (AvgIpc) is 2.75. The molecule has 1 atom stereocenters. The van der Waals surface area contributed by atoms with Gasteiger partial charge in [-0.15, -0.1) is 0 Å². The molecule has 2 aromatic rings. The van der Waals surface area contributed by atoms with E-state index in [0.29, 0.717) is 19.1 Å². The third-order valence-electron chi connectivity index (χ3n) is 5.67. The molecule has 2 aliphatic heterocycles. The second kappa shape index (κ2) is 9.24. The van der Waals surface area contributed by atoms with Crippen LogP contribution in [0.4, 0.5) is 5.69 Å². The van der Waals surface area contributed by atoms with Gasteiger partial charge in [0.1, 0.15) is 12.7 Å². The van der Waals surface area contributed by atoms with Crippen LogP contribution in [0.2, 0.25) is 0 Å². The quantitative estimate of drug-likeness (QED) is 0.571. The Kier molecular flexibility index (Phi) is 6.27. The van der Waals surface area contributed by atoms with E-state index < -0.39 is 0 Å². The van der Waals surface area contributed by atoms with Crippen LogP contribution in [0.1, 0.15) is 18.4 Å². The molecule has 4 rings (SSSR count).